The van der Waals surface area contributed by atoms with Crippen LogP contribution in [0.5, 0.6) is 11.5 Å². The maximum atomic E-state index is 13.2. The zero-order valence-corrected chi connectivity index (χ0v) is 16.2. The molecule has 10 heteroatoms. The molecular formula is C17H17ClN2O6S. The van der Waals surface area contributed by atoms with Crippen molar-refractivity contribution in [2.24, 2.45) is 0 Å². The first-order valence-electron chi connectivity index (χ1n) is 7.55. The maximum absolute atomic E-state index is 13.2. The number of nitro benzene ring substituents is 1. The SMILES string of the molecule is C=CCN(c1cc([N+](=O)[O-])ccc1OC)S(=O)(=O)c1ccc(OC)c(Cl)c1. The van der Waals surface area contributed by atoms with Gasteiger partial charge in [-0.25, -0.2) is 8.42 Å². The number of sulfonamides is 1. The van der Waals surface area contributed by atoms with Crippen LogP contribution in [-0.4, -0.2) is 34.1 Å². The number of non-ortho nitro benzene ring substituents is 1. The van der Waals surface area contributed by atoms with E-state index in [0.717, 1.165) is 10.4 Å². The fraction of sp³-hybridized carbons (Fsp3) is 0.176. The van der Waals surface area contributed by atoms with Gasteiger partial charge >= 0.3 is 0 Å². The molecule has 0 aromatic heterocycles. The highest BCUT2D eigenvalue weighted by Gasteiger charge is 2.28. The van der Waals surface area contributed by atoms with Crippen molar-refractivity contribution in [3.8, 4) is 11.5 Å². The molecule has 0 N–H and O–H groups in total. The predicted molar refractivity (Wildman–Crippen MR) is 102 cm³/mol. The lowest BCUT2D eigenvalue weighted by Gasteiger charge is -2.25. The molecule has 0 aliphatic heterocycles. The van der Waals surface area contributed by atoms with Crippen LogP contribution in [0.4, 0.5) is 11.4 Å². The first-order chi connectivity index (χ1) is 12.8. The quantitative estimate of drug-likeness (QED) is 0.373. The van der Waals surface area contributed by atoms with E-state index < -0.39 is 14.9 Å². The number of methoxy groups -OCH3 is 2. The van der Waals surface area contributed by atoms with E-state index in [1.165, 1.54) is 50.6 Å². The van der Waals surface area contributed by atoms with Gasteiger partial charge in [0.25, 0.3) is 15.7 Å². The normalized spacial score (nSPS) is 10.9. The first kappa shape index (κ1) is 20.5. The largest absolute Gasteiger partial charge is 0.495 e. The Bertz CT molecular complexity index is 977. The van der Waals surface area contributed by atoms with Crippen molar-refractivity contribution in [3.05, 3.63) is 64.2 Å². The number of hydrogen-bond acceptors (Lipinski definition) is 6. The summed E-state index contributed by atoms with van der Waals surface area (Å²) in [6, 6.07) is 7.69. The minimum Gasteiger partial charge on any atom is -0.495 e. The van der Waals surface area contributed by atoms with Crippen LogP contribution in [0.2, 0.25) is 5.02 Å². The summed E-state index contributed by atoms with van der Waals surface area (Å²) in [6.07, 6.45) is 1.36. The van der Waals surface area contributed by atoms with Crippen molar-refractivity contribution < 1.29 is 22.8 Å². The third kappa shape index (κ3) is 4.15. The van der Waals surface area contributed by atoms with E-state index in [-0.39, 0.29) is 33.6 Å². The summed E-state index contributed by atoms with van der Waals surface area (Å²) in [5.74, 6) is 0.476. The Labute approximate surface area is 161 Å². The number of rotatable bonds is 8. The molecule has 0 radical (unpaired) electrons. The molecule has 2 rings (SSSR count). The van der Waals surface area contributed by atoms with Crippen molar-refractivity contribution in [1.29, 1.82) is 0 Å². The molecule has 2 aromatic carbocycles. The van der Waals surface area contributed by atoms with E-state index in [4.69, 9.17) is 21.1 Å². The molecule has 0 saturated carbocycles. The van der Waals surface area contributed by atoms with E-state index >= 15 is 0 Å². The van der Waals surface area contributed by atoms with Gasteiger partial charge in [-0.1, -0.05) is 17.7 Å². The second kappa shape index (κ2) is 8.28. The fourth-order valence-corrected chi connectivity index (χ4v) is 4.15. The fourth-order valence-electron chi connectivity index (χ4n) is 2.36. The van der Waals surface area contributed by atoms with Crippen LogP contribution in [0.25, 0.3) is 0 Å². The topological polar surface area (TPSA) is 99.0 Å². The Balaban J connectivity index is 2.66. The average Bonchev–Trinajstić information content (AvgIpc) is 2.65. The molecule has 144 valence electrons. The summed E-state index contributed by atoms with van der Waals surface area (Å²) < 4.78 is 37.5. The van der Waals surface area contributed by atoms with Crippen LogP contribution in [0.3, 0.4) is 0 Å². The number of benzene rings is 2. The van der Waals surface area contributed by atoms with Crippen LogP contribution >= 0.6 is 11.6 Å². The number of halogens is 1. The molecule has 2 aromatic rings. The molecule has 0 saturated heterocycles. The minimum atomic E-state index is -4.12. The molecule has 0 atom stereocenters. The van der Waals surface area contributed by atoms with Gasteiger partial charge in [-0.2, -0.15) is 0 Å². The second-order valence-corrected chi connectivity index (χ2v) is 7.50. The van der Waals surface area contributed by atoms with Gasteiger partial charge in [0.05, 0.1) is 35.6 Å². The molecule has 8 nitrogen and oxygen atoms in total. The van der Waals surface area contributed by atoms with Gasteiger partial charge in [0.2, 0.25) is 0 Å². The van der Waals surface area contributed by atoms with Gasteiger partial charge in [0, 0.05) is 12.1 Å². The van der Waals surface area contributed by atoms with Gasteiger partial charge in [-0.3, -0.25) is 14.4 Å². The molecule has 0 unspecified atom stereocenters. The van der Waals surface area contributed by atoms with Gasteiger partial charge in [-0.15, -0.1) is 6.58 Å². The highest BCUT2D eigenvalue weighted by Crippen LogP contribution is 2.36. The molecule has 0 spiro atoms. The Kier molecular flexibility index (Phi) is 6.29. The third-order valence-electron chi connectivity index (χ3n) is 3.65. The Hall–Kier alpha value is -2.78. The number of hydrogen-bond donors (Lipinski definition) is 0. The highest BCUT2D eigenvalue weighted by molar-refractivity contribution is 7.92. The molecule has 27 heavy (non-hydrogen) atoms. The monoisotopic (exact) mass is 412 g/mol. The van der Waals surface area contributed by atoms with Crippen molar-refractivity contribution in [3.63, 3.8) is 0 Å². The summed E-state index contributed by atoms with van der Waals surface area (Å²) in [6.45, 7) is 3.43. The minimum absolute atomic E-state index is 0.0125. The van der Waals surface area contributed by atoms with Gasteiger partial charge < -0.3 is 9.47 Å². The van der Waals surface area contributed by atoms with Gasteiger partial charge in [0.1, 0.15) is 17.2 Å². The van der Waals surface area contributed by atoms with Crippen molar-refractivity contribution >= 4 is 33.0 Å². The van der Waals surface area contributed by atoms with E-state index in [1.54, 1.807) is 0 Å². The zero-order valence-electron chi connectivity index (χ0n) is 14.6. The van der Waals surface area contributed by atoms with Gasteiger partial charge in [0.15, 0.2) is 0 Å². The average molecular weight is 413 g/mol. The number of nitrogens with zero attached hydrogens (tertiary/aromatic N) is 2. The van der Waals surface area contributed by atoms with E-state index in [9.17, 15) is 18.5 Å². The van der Waals surface area contributed by atoms with Gasteiger partial charge in [-0.05, 0) is 24.3 Å². The predicted octanol–water partition coefficient (Wildman–Crippen LogP) is 3.65. The summed E-state index contributed by atoms with van der Waals surface area (Å²) in [4.78, 5) is 10.4. The standard InChI is InChI=1S/C17H17ClN2O6S/c1-4-9-19(15-10-12(20(21)22)5-7-17(15)26-3)27(23,24)13-6-8-16(25-2)14(18)11-13/h4-8,10-11H,1,9H2,2-3H3. The summed E-state index contributed by atoms with van der Waals surface area (Å²) in [7, 11) is -1.37. The summed E-state index contributed by atoms with van der Waals surface area (Å²) in [5.41, 5.74) is -0.263. The lowest BCUT2D eigenvalue weighted by atomic mass is 10.2. The number of anilines is 1. The van der Waals surface area contributed by atoms with Crippen LogP contribution < -0.4 is 13.8 Å². The van der Waals surface area contributed by atoms with Crippen molar-refractivity contribution in [2.45, 2.75) is 4.90 Å². The number of nitro groups is 1. The van der Waals surface area contributed by atoms with Crippen LogP contribution in [0, 0.1) is 10.1 Å². The van der Waals surface area contributed by atoms with Crippen molar-refractivity contribution in [2.75, 3.05) is 25.1 Å². The van der Waals surface area contributed by atoms with Crippen LogP contribution in [0.1, 0.15) is 0 Å². The second-order valence-electron chi connectivity index (χ2n) is 5.23. The Morgan fingerprint density at radius 3 is 2.33 bits per heavy atom. The Morgan fingerprint density at radius 2 is 1.81 bits per heavy atom. The molecule has 0 heterocycles. The third-order valence-corrected chi connectivity index (χ3v) is 5.72. The lowest BCUT2D eigenvalue weighted by Crippen LogP contribution is -2.31. The zero-order chi connectivity index (χ0) is 20.2. The highest BCUT2D eigenvalue weighted by atomic mass is 35.5. The molecule has 0 fully saturated rings. The maximum Gasteiger partial charge on any atom is 0.271 e. The van der Waals surface area contributed by atoms with Crippen molar-refractivity contribution in [1.82, 2.24) is 0 Å². The smallest absolute Gasteiger partial charge is 0.271 e. The molecule has 0 bridgehead atoms. The molecule has 0 aliphatic rings. The van der Waals surface area contributed by atoms with E-state index in [0.29, 0.717) is 5.75 Å². The van der Waals surface area contributed by atoms with Crippen LogP contribution in [-0.2, 0) is 10.0 Å². The lowest BCUT2D eigenvalue weighted by molar-refractivity contribution is -0.384. The summed E-state index contributed by atoms with van der Waals surface area (Å²) >= 11 is 6.05. The number of ether oxygens (including phenoxy) is 2. The van der Waals surface area contributed by atoms with E-state index in [2.05, 4.69) is 6.58 Å². The molecule has 0 aliphatic carbocycles. The first-order valence-corrected chi connectivity index (χ1v) is 9.37. The van der Waals surface area contributed by atoms with E-state index in [1.807, 2.05) is 0 Å². The molecular weight excluding hydrogens is 396 g/mol. The summed E-state index contributed by atoms with van der Waals surface area (Å²) in [5, 5.41) is 11.2. The van der Waals surface area contributed by atoms with Crippen LogP contribution in [0.15, 0.2) is 53.9 Å². The molecule has 0 amide bonds. The Morgan fingerprint density at radius 1 is 1.19 bits per heavy atom.